The van der Waals surface area contributed by atoms with Crippen LogP contribution in [-0.2, 0) is 4.74 Å². The van der Waals surface area contributed by atoms with Crippen LogP contribution in [0.25, 0.3) is 0 Å². The minimum absolute atomic E-state index is 0.563. The molecular weight excluding hydrogens is 292 g/mol. The van der Waals surface area contributed by atoms with E-state index in [2.05, 4.69) is 4.98 Å². The Bertz CT molecular complexity index is 693. The van der Waals surface area contributed by atoms with Gasteiger partial charge in [-0.2, -0.15) is 4.98 Å². The Hall–Kier alpha value is -2.09. The molecule has 2 heterocycles. The van der Waals surface area contributed by atoms with Crippen molar-refractivity contribution in [2.75, 3.05) is 13.3 Å². The van der Waals surface area contributed by atoms with Gasteiger partial charge in [0, 0.05) is 0 Å². The third-order valence-electron chi connectivity index (χ3n) is 2.97. The predicted molar refractivity (Wildman–Crippen MR) is 63.7 cm³/mol. The standard InChI is InChI=1S/C11H11F2N3O5/c12-3-1-2-11(13)7(18)6(4-17)21-8(11)16-5-14-9(19)15-10(16)20/h5-8,17-18H,3-4H2,(H,15,19,20)/t6-,7?,8-,11-/m1/s1. The van der Waals surface area contributed by atoms with Crippen LogP contribution in [0.2, 0.25) is 0 Å². The Morgan fingerprint density at radius 1 is 1.57 bits per heavy atom. The maximum atomic E-state index is 14.9. The van der Waals surface area contributed by atoms with Gasteiger partial charge in [-0.25, -0.2) is 18.4 Å². The number of nitrogens with one attached hydrogen (secondary N) is 1. The van der Waals surface area contributed by atoms with Gasteiger partial charge in [-0.05, 0) is 0 Å². The van der Waals surface area contributed by atoms with Crippen molar-refractivity contribution in [1.29, 1.82) is 0 Å². The van der Waals surface area contributed by atoms with Crippen LogP contribution in [-0.4, -0.2) is 55.9 Å². The lowest BCUT2D eigenvalue weighted by atomic mass is 9.96. The molecule has 1 aliphatic rings. The van der Waals surface area contributed by atoms with Gasteiger partial charge >= 0.3 is 11.4 Å². The average Bonchev–Trinajstić information content (AvgIpc) is 2.70. The van der Waals surface area contributed by atoms with Crippen molar-refractivity contribution in [1.82, 2.24) is 14.5 Å². The molecule has 8 nitrogen and oxygen atoms in total. The molecule has 0 spiro atoms. The Balaban J connectivity index is 2.53. The molecule has 0 radical (unpaired) electrons. The second-order valence-corrected chi connectivity index (χ2v) is 4.24. The summed E-state index contributed by atoms with van der Waals surface area (Å²) in [6.45, 7) is -1.92. The molecule has 0 aromatic carbocycles. The van der Waals surface area contributed by atoms with Gasteiger partial charge in [0.2, 0.25) is 5.67 Å². The first-order valence-corrected chi connectivity index (χ1v) is 5.80. The van der Waals surface area contributed by atoms with Crippen molar-refractivity contribution in [3.8, 4) is 11.8 Å². The number of hydrogen-bond acceptors (Lipinski definition) is 6. The highest BCUT2D eigenvalue weighted by Crippen LogP contribution is 2.40. The lowest BCUT2D eigenvalue weighted by Crippen LogP contribution is -2.45. The topological polar surface area (TPSA) is 117 Å². The summed E-state index contributed by atoms with van der Waals surface area (Å²) in [6, 6.07) is 0. The molecule has 1 aromatic heterocycles. The molecule has 0 saturated carbocycles. The lowest BCUT2D eigenvalue weighted by molar-refractivity contribution is -0.0549. The number of aromatic nitrogens is 3. The van der Waals surface area contributed by atoms with Gasteiger partial charge in [-0.3, -0.25) is 9.55 Å². The molecule has 4 atom stereocenters. The number of ether oxygens (including phenoxy) is 1. The van der Waals surface area contributed by atoms with Crippen LogP contribution in [0.15, 0.2) is 15.9 Å². The van der Waals surface area contributed by atoms with Gasteiger partial charge in [0.1, 0.15) is 25.2 Å². The van der Waals surface area contributed by atoms with E-state index in [0.717, 1.165) is 0 Å². The fourth-order valence-electron chi connectivity index (χ4n) is 1.99. The highest BCUT2D eigenvalue weighted by atomic mass is 19.1. The maximum Gasteiger partial charge on any atom is 0.350 e. The first-order valence-electron chi connectivity index (χ1n) is 5.80. The van der Waals surface area contributed by atoms with E-state index in [1.54, 1.807) is 4.98 Å². The number of halogens is 2. The molecule has 10 heteroatoms. The van der Waals surface area contributed by atoms with E-state index in [1.165, 1.54) is 0 Å². The summed E-state index contributed by atoms with van der Waals surface area (Å²) in [7, 11) is 0. The molecule has 1 saturated heterocycles. The number of H-pyrrole nitrogens is 1. The average molecular weight is 303 g/mol. The van der Waals surface area contributed by atoms with E-state index in [9.17, 15) is 23.5 Å². The molecular formula is C11H11F2N3O5. The lowest BCUT2D eigenvalue weighted by Gasteiger charge is -2.23. The van der Waals surface area contributed by atoms with Crippen LogP contribution in [0.4, 0.5) is 8.78 Å². The zero-order chi connectivity index (χ0) is 15.6. The van der Waals surface area contributed by atoms with Crippen molar-refractivity contribution < 1.29 is 23.7 Å². The summed E-state index contributed by atoms with van der Waals surface area (Å²) in [4.78, 5) is 27.6. The molecule has 0 aliphatic carbocycles. The van der Waals surface area contributed by atoms with Crippen LogP contribution in [0, 0.1) is 11.8 Å². The largest absolute Gasteiger partial charge is 0.394 e. The van der Waals surface area contributed by atoms with Gasteiger partial charge in [0.25, 0.3) is 0 Å². The third-order valence-corrected chi connectivity index (χ3v) is 2.97. The van der Waals surface area contributed by atoms with Crippen molar-refractivity contribution in [3.05, 3.63) is 27.3 Å². The Labute approximate surface area is 116 Å². The molecule has 114 valence electrons. The molecule has 3 N–H and O–H groups in total. The molecule has 1 aromatic rings. The number of aliphatic hydroxyl groups excluding tert-OH is 2. The van der Waals surface area contributed by atoms with Gasteiger partial charge in [-0.1, -0.05) is 11.8 Å². The van der Waals surface area contributed by atoms with E-state index in [1.807, 2.05) is 11.8 Å². The van der Waals surface area contributed by atoms with E-state index in [-0.39, 0.29) is 0 Å². The molecule has 0 amide bonds. The second kappa shape index (κ2) is 5.72. The van der Waals surface area contributed by atoms with Gasteiger partial charge < -0.3 is 14.9 Å². The first-order chi connectivity index (χ1) is 9.93. The number of nitrogens with zero attached hydrogens (tertiary/aromatic N) is 2. The van der Waals surface area contributed by atoms with Crippen LogP contribution in [0.3, 0.4) is 0 Å². The molecule has 0 bridgehead atoms. The molecule has 1 fully saturated rings. The van der Waals surface area contributed by atoms with E-state index < -0.39 is 48.8 Å². The highest BCUT2D eigenvalue weighted by molar-refractivity contribution is 5.23. The van der Waals surface area contributed by atoms with Gasteiger partial charge in [0.05, 0.1) is 6.61 Å². The van der Waals surface area contributed by atoms with Crippen LogP contribution in [0.5, 0.6) is 0 Å². The van der Waals surface area contributed by atoms with Crippen molar-refractivity contribution in [2.24, 2.45) is 0 Å². The minimum Gasteiger partial charge on any atom is -0.394 e. The van der Waals surface area contributed by atoms with Crippen LogP contribution in [0.1, 0.15) is 6.23 Å². The minimum atomic E-state index is -2.84. The SMILES string of the molecule is O=c1ncn([C@@H]2O[C@H](CO)C(O)[C@]2(F)C#CCF)c(=O)[nH]1. The van der Waals surface area contributed by atoms with E-state index in [4.69, 9.17) is 9.84 Å². The predicted octanol–water partition coefficient (Wildman–Crippen LogP) is -2.14. The zero-order valence-corrected chi connectivity index (χ0v) is 10.5. The highest BCUT2D eigenvalue weighted by Gasteiger charge is 2.57. The summed E-state index contributed by atoms with van der Waals surface area (Å²) >= 11 is 0. The summed E-state index contributed by atoms with van der Waals surface area (Å²) in [6.07, 6.45) is -4.36. The van der Waals surface area contributed by atoms with E-state index in [0.29, 0.717) is 10.9 Å². The Morgan fingerprint density at radius 2 is 2.29 bits per heavy atom. The summed E-state index contributed by atoms with van der Waals surface area (Å²) < 4.78 is 32.6. The fourth-order valence-corrected chi connectivity index (χ4v) is 1.99. The first kappa shape index (κ1) is 15.3. The maximum absolute atomic E-state index is 14.9. The number of aromatic amines is 1. The number of aliphatic hydroxyl groups is 2. The zero-order valence-electron chi connectivity index (χ0n) is 10.5. The molecule has 2 rings (SSSR count). The number of alkyl halides is 2. The van der Waals surface area contributed by atoms with Crippen LogP contribution < -0.4 is 11.4 Å². The molecule has 21 heavy (non-hydrogen) atoms. The Kier molecular flexibility index (Phi) is 4.17. The molecule has 1 aliphatic heterocycles. The summed E-state index contributed by atoms with van der Waals surface area (Å²) in [5.74, 6) is 3.67. The van der Waals surface area contributed by atoms with Gasteiger partial charge in [-0.15, -0.1) is 0 Å². The summed E-state index contributed by atoms with van der Waals surface area (Å²) in [5, 5.41) is 18.9. The third kappa shape index (κ3) is 2.58. The van der Waals surface area contributed by atoms with Crippen LogP contribution >= 0.6 is 0 Å². The molecule has 1 unspecified atom stereocenters. The smallest absolute Gasteiger partial charge is 0.350 e. The van der Waals surface area contributed by atoms with Gasteiger partial charge in [0.15, 0.2) is 6.23 Å². The quantitative estimate of drug-likeness (QED) is 0.537. The second-order valence-electron chi connectivity index (χ2n) is 4.24. The van der Waals surface area contributed by atoms with E-state index >= 15 is 0 Å². The van der Waals surface area contributed by atoms with Crippen molar-refractivity contribution >= 4 is 0 Å². The Morgan fingerprint density at radius 3 is 2.86 bits per heavy atom. The van der Waals surface area contributed by atoms with Crippen molar-refractivity contribution in [2.45, 2.75) is 24.1 Å². The number of rotatable bonds is 2. The van der Waals surface area contributed by atoms with Crippen molar-refractivity contribution in [3.63, 3.8) is 0 Å². The number of hydrogen-bond donors (Lipinski definition) is 3. The monoisotopic (exact) mass is 303 g/mol. The normalized spacial score (nSPS) is 31.7. The fraction of sp³-hybridized carbons (Fsp3) is 0.545. The summed E-state index contributed by atoms with van der Waals surface area (Å²) in [5.41, 5.74) is -4.84.